The first-order valence-electron chi connectivity index (χ1n) is 12.8. The van der Waals surface area contributed by atoms with E-state index in [1.807, 2.05) is 6.92 Å². The Balaban J connectivity index is 1.35. The highest BCUT2D eigenvalue weighted by molar-refractivity contribution is 7.13. The number of fused-ring (bicyclic) bond motifs is 2. The lowest BCUT2D eigenvalue weighted by Crippen LogP contribution is -2.54. The van der Waals surface area contributed by atoms with Crippen molar-refractivity contribution in [3.63, 3.8) is 0 Å². The fourth-order valence-electron chi connectivity index (χ4n) is 5.39. The van der Waals surface area contributed by atoms with Crippen LogP contribution in [-0.2, 0) is 13.0 Å². The maximum atomic E-state index is 13.3. The molecule has 1 fully saturated rings. The third-order valence-corrected chi connectivity index (χ3v) is 8.75. The average molecular weight is 559 g/mol. The largest absolute Gasteiger partial charge is 0.465 e. The summed E-state index contributed by atoms with van der Waals surface area (Å²) in [5.41, 5.74) is 2.04. The number of carbonyl (C=O) groups is 3. The van der Waals surface area contributed by atoms with Gasteiger partial charge < -0.3 is 25.6 Å². The maximum Gasteiger partial charge on any atom is 0.407 e. The topological polar surface area (TPSA) is 131 Å². The molecule has 1 aromatic carbocycles. The Labute approximate surface area is 229 Å². The maximum absolute atomic E-state index is 13.3. The van der Waals surface area contributed by atoms with Crippen LogP contribution in [0.4, 0.5) is 4.79 Å². The smallest absolute Gasteiger partial charge is 0.407 e. The van der Waals surface area contributed by atoms with Crippen LogP contribution in [0, 0.1) is 0 Å². The van der Waals surface area contributed by atoms with Crippen molar-refractivity contribution in [2.24, 2.45) is 0 Å². The van der Waals surface area contributed by atoms with Gasteiger partial charge in [-0.1, -0.05) is 18.5 Å². The summed E-state index contributed by atoms with van der Waals surface area (Å²) in [7, 11) is 0. The molecule has 4 N–H and O–H groups in total. The number of hydrogen-bond acceptors (Lipinski definition) is 6. The Kier molecular flexibility index (Phi) is 7.34. The van der Waals surface area contributed by atoms with Gasteiger partial charge in [0.05, 0.1) is 23.8 Å². The van der Waals surface area contributed by atoms with E-state index in [0.717, 1.165) is 41.0 Å². The first-order valence-corrected chi connectivity index (χ1v) is 14.0. The summed E-state index contributed by atoms with van der Waals surface area (Å²) in [5, 5.41) is 17.5. The van der Waals surface area contributed by atoms with E-state index in [2.05, 4.69) is 39.3 Å². The summed E-state index contributed by atoms with van der Waals surface area (Å²) >= 11 is 7.46. The van der Waals surface area contributed by atoms with Crippen LogP contribution in [0.15, 0.2) is 24.3 Å². The van der Waals surface area contributed by atoms with Gasteiger partial charge in [0.15, 0.2) is 5.01 Å². The van der Waals surface area contributed by atoms with Crippen LogP contribution in [-0.4, -0.2) is 80.0 Å². The lowest BCUT2D eigenvalue weighted by Gasteiger charge is -2.29. The summed E-state index contributed by atoms with van der Waals surface area (Å²) in [5.74, 6) is -0.738. The van der Waals surface area contributed by atoms with Crippen LogP contribution in [0.1, 0.15) is 58.1 Å². The van der Waals surface area contributed by atoms with Crippen LogP contribution in [0.2, 0.25) is 5.02 Å². The van der Waals surface area contributed by atoms with Crippen molar-refractivity contribution in [2.45, 2.75) is 64.3 Å². The Morgan fingerprint density at radius 1 is 1.24 bits per heavy atom. The molecule has 10 nitrogen and oxygen atoms in total. The van der Waals surface area contributed by atoms with Crippen LogP contribution in [0.5, 0.6) is 0 Å². The summed E-state index contributed by atoms with van der Waals surface area (Å²) in [6, 6.07) is 5.68. The minimum Gasteiger partial charge on any atom is -0.465 e. The molecule has 202 valence electrons. The van der Waals surface area contributed by atoms with Gasteiger partial charge in [0, 0.05) is 52.9 Å². The number of rotatable bonds is 6. The minimum absolute atomic E-state index is 0.0685. The molecular weight excluding hydrogens is 528 g/mol. The molecule has 1 saturated heterocycles. The molecule has 1 unspecified atom stereocenters. The standard InChI is InChI=1S/C26H31ClN6O4S/c1-4-20-22(31-23(34)18-10-14-9-15(27)5-6-16(14)28-18)19(11-33(20)26(36)37)29-24(35)25-30-17-7-8-32(13(2)3)12-21(17)38-25/h5-6,9-10,13,19-20,22,28H,4,7-8,11-12H2,1-3H3,(H,29,35)(H,31,34)(H,36,37)/t19-,20?,22-/m1/s1. The van der Waals surface area contributed by atoms with E-state index in [1.165, 1.54) is 16.2 Å². The molecule has 12 heteroatoms. The SMILES string of the molecule is CCC1[C@H](NC(=O)c2cc3cc(Cl)ccc3[nH]2)[C@H](NC(=O)c2nc3c(s2)CN(C(C)C)CC3)CN1C(=O)O. The minimum atomic E-state index is -1.09. The second-order valence-electron chi connectivity index (χ2n) is 10.1. The Morgan fingerprint density at radius 3 is 2.74 bits per heavy atom. The Hall–Kier alpha value is -3.15. The highest BCUT2D eigenvalue weighted by Gasteiger charge is 2.45. The molecule has 0 aliphatic carbocycles. The number of carboxylic acid groups (broad SMARTS) is 1. The van der Waals surface area contributed by atoms with Crippen molar-refractivity contribution in [1.29, 1.82) is 0 Å². The molecule has 0 bridgehead atoms. The van der Waals surface area contributed by atoms with Crippen LogP contribution < -0.4 is 10.6 Å². The highest BCUT2D eigenvalue weighted by atomic mass is 35.5. The number of amides is 3. The van der Waals surface area contributed by atoms with Gasteiger partial charge in [-0.25, -0.2) is 9.78 Å². The zero-order valence-electron chi connectivity index (χ0n) is 21.5. The van der Waals surface area contributed by atoms with Crippen LogP contribution in [0.3, 0.4) is 0 Å². The van der Waals surface area contributed by atoms with Crippen molar-refractivity contribution in [2.75, 3.05) is 13.1 Å². The lowest BCUT2D eigenvalue weighted by molar-refractivity contribution is 0.0884. The van der Waals surface area contributed by atoms with E-state index in [1.54, 1.807) is 24.3 Å². The molecule has 2 aliphatic heterocycles. The molecule has 3 aromatic rings. The Bertz CT molecular complexity index is 1390. The lowest BCUT2D eigenvalue weighted by atomic mass is 10.0. The zero-order chi connectivity index (χ0) is 27.1. The number of thiazole rings is 1. The number of nitrogens with one attached hydrogen (secondary N) is 3. The van der Waals surface area contributed by atoms with E-state index >= 15 is 0 Å². The predicted molar refractivity (Wildman–Crippen MR) is 146 cm³/mol. The fraction of sp³-hybridized carbons (Fsp3) is 0.462. The third-order valence-electron chi connectivity index (χ3n) is 7.43. The van der Waals surface area contributed by atoms with Crippen LogP contribution >= 0.6 is 22.9 Å². The van der Waals surface area contributed by atoms with Gasteiger partial charge in [0.2, 0.25) is 0 Å². The first-order chi connectivity index (χ1) is 18.1. The summed E-state index contributed by atoms with van der Waals surface area (Å²) in [6.45, 7) is 7.90. The van der Waals surface area contributed by atoms with E-state index in [9.17, 15) is 19.5 Å². The number of likely N-dealkylation sites (tertiary alicyclic amines) is 1. The van der Waals surface area contributed by atoms with Gasteiger partial charge in [0.25, 0.3) is 11.8 Å². The molecule has 5 rings (SSSR count). The van der Waals surface area contributed by atoms with Crippen molar-refractivity contribution in [3.05, 3.63) is 50.6 Å². The molecule has 0 spiro atoms. The predicted octanol–water partition coefficient (Wildman–Crippen LogP) is 3.71. The molecule has 38 heavy (non-hydrogen) atoms. The monoisotopic (exact) mass is 558 g/mol. The molecule has 2 aliphatic rings. The van der Waals surface area contributed by atoms with E-state index in [4.69, 9.17) is 11.6 Å². The van der Waals surface area contributed by atoms with Gasteiger partial charge >= 0.3 is 6.09 Å². The van der Waals surface area contributed by atoms with E-state index < -0.39 is 24.2 Å². The second-order valence-corrected chi connectivity index (χ2v) is 11.6. The molecule has 2 aromatic heterocycles. The van der Waals surface area contributed by atoms with Gasteiger partial charge in [-0.15, -0.1) is 11.3 Å². The molecule has 0 saturated carbocycles. The average Bonchev–Trinajstić information content (AvgIpc) is 3.58. The zero-order valence-corrected chi connectivity index (χ0v) is 23.0. The van der Waals surface area contributed by atoms with Gasteiger partial charge in [-0.3, -0.25) is 14.5 Å². The summed E-state index contributed by atoms with van der Waals surface area (Å²) in [4.78, 5) is 50.9. The number of H-pyrrole nitrogens is 1. The second kappa shape index (κ2) is 10.5. The summed E-state index contributed by atoms with van der Waals surface area (Å²) in [6.07, 6.45) is 0.175. The van der Waals surface area contributed by atoms with Crippen molar-refractivity contribution >= 4 is 51.7 Å². The van der Waals surface area contributed by atoms with Gasteiger partial charge in [-0.2, -0.15) is 0 Å². The van der Waals surface area contributed by atoms with Gasteiger partial charge in [0.1, 0.15) is 5.69 Å². The fourth-order valence-corrected chi connectivity index (χ4v) is 6.60. The number of hydrogen-bond donors (Lipinski definition) is 4. The Morgan fingerprint density at radius 2 is 2.03 bits per heavy atom. The number of nitrogens with zero attached hydrogens (tertiary/aromatic N) is 3. The van der Waals surface area contributed by atoms with Crippen molar-refractivity contribution < 1.29 is 19.5 Å². The number of aromatic amines is 1. The molecule has 3 atom stereocenters. The number of carbonyl (C=O) groups excluding carboxylic acids is 2. The normalized spacial score (nSPS) is 21.6. The van der Waals surface area contributed by atoms with Crippen molar-refractivity contribution in [1.82, 2.24) is 30.4 Å². The van der Waals surface area contributed by atoms with Crippen molar-refractivity contribution in [3.8, 4) is 0 Å². The molecule has 0 radical (unpaired) electrons. The molecule has 4 heterocycles. The van der Waals surface area contributed by atoms with Gasteiger partial charge in [-0.05, 0) is 44.5 Å². The van der Waals surface area contributed by atoms with Crippen LogP contribution in [0.25, 0.3) is 10.9 Å². The van der Waals surface area contributed by atoms with E-state index in [-0.39, 0.29) is 18.4 Å². The molecular formula is C26H31ClN6O4S. The van der Waals surface area contributed by atoms with E-state index in [0.29, 0.717) is 28.2 Å². The molecule has 3 amide bonds. The number of benzene rings is 1. The number of aromatic nitrogens is 2. The highest BCUT2D eigenvalue weighted by Crippen LogP contribution is 2.28. The first kappa shape index (κ1) is 26.5. The summed E-state index contributed by atoms with van der Waals surface area (Å²) < 4.78 is 0. The third kappa shape index (κ3) is 5.10. The quantitative estimate of drug-likeness (QED) is 0.365. The number of halogens is 1.